The van der Waals surface area contributed by atoms with Gasteiger partial charge in [-0.25, -0.2) is 9.78 Å². The smallest absolute Gasteiger partial charge is 0.337 e. The number of carbonyl (C=O) groups is 1. The van der Waals surface area contributed by atoms with E-state index in [2.05, 4.69) is 15.1 Å². The molecule has 0 aliphatic heterocycles. The van der Waals surface area contributed by atoms with Crippen LogP contribution in [0.4, 0.5) is 0 Å². The number of carbonyl (C=O) groups excluding carboxylic acids is 1. The number of benzene rings is 1. The van der Waals surface area contributed by atoms with Crippen molar-refractivity contribution in [1.82, 2.24) is 19.7 Å². The van der Waals surface area contributed by atoms with Crippen LogP contribution < -0.4 is 5.56 Å². The number of methoxy groups -OCH3 is 1. The van der Waals surface area contributed by atoms with E-state index < -0.39 is 5.97 Å². The van der Waals surface area contributed by atoms with Gasteiger partial charge in [-0.3, -0.25) is 9.36 Å². The summed E-state index contributed by atoms with van der Waals surface area (Å²) >= 11 is 1.36. The van der Waals surface area contributed by atoms with Crippen LogP contribution in [0.3, 0.4) is 0 Å². The third kappa shape index (κ3) is 4.67. The summed E-state index contributed by atoms with van der Waals surface area (Å²) in [5.41, 5.74) is 0.660. The van der Waals surface area contributed by atoms with E-state index in [4.69, 9.17) is 9.26 Å². The molecule has 2 aromatic heterocycles. The summed E-state index contributed by atoms with van der Waals surface area (Å²) in [4.78, 5) is 33.9. The third-order valence-corrected chi connectivity index (χ3v) is 5.18. The van der Waals surface area contributed by atoms with Crippen molar-refractivity contribution in [3.05, 3.63) is 45.8 Å². The molecule has 29 heavy (non-hydrogen) atoms. The molecule has 2 heterocycles. The first-order chi connectivity index (χ1) is 13.8. The van der Waals surface area contributed by atoms with E-state index in [1.807, 2.05) is 27.7 Å². The molecule has 8 nitrogen and oxygen atoms in total. The lowest BCUT2D eigenvalue weighted by molar-refractivity contribution is 0.0601. The van der Waals surface area contributed by atoms with E-state index in [0.29, 0.717) is 45.6 Å². The molecular formula is C20H24N4O4S. The van der Waals surface area contributed by atoms with Crippen LogP contribution in [0.1, 0.15) is 55.7 Å². The van der Waals surface area contributed by atoms with Gasteiger partial charge in [0.1, 0.15) is 0 Å². The minimum absolute atomic E-state index is 0.143. The molecule has 0 amide bonds. The summed E-state index contributed by atoms with van der Waals surface area (Å²) in [6.45, 7) is 8.60. The van der Waals surface area contributed by atoms with Crippen LogP contribution in [0.25, 0.3) is 10.9 Å². The number of fused-ring (bicyclic) bond motifs is 1. The summed E-state index contributed by atoms with van der Waals surface area (Å²) < 4.78 is 11.7. The van der Waals surface area contributed by atoms with Gasteiger partial charge in [0.25, 0.3) is 5.56 Å². The topological polar surface area (TPSA) is 100 Å². The predicted octanol–water partition coefficient (Wildman–Crippen LogP) is 3.64. The second-order valence-corrected chi connectivity index (χ2v) is 8.36. The molecule has 0 saturated heterocycles. The highest BCUT2D eigenvalue weighted by molar-refractivity contribution is 7.98. The van der Waals surface area contributed by atoms with Gasteiger partial charge in [0.2, 0.25) is 5.89 Å². The number of ether oxygens (including phenoxy) is 1. The highest BCUT2D eigenvalue weighted by atomic mass is 32.2. The molecule has 0 unspecified atom stereocenters. The Balaban J connectivity index is 2.01. The normalized spacial score (nSPS) is 11.6. The maximum absolute atomic E-state index is 13.1. The highest BCUT2D eigenvalue weighted by Gasteiger charge is 2.17. The fraction of sp³-hybridized carbons (Fsp3) is 0.450. The maximum atomic E-state index is 13.1. The molecule has 0 atom stereocenters. The fourth-order valence-electron chi connectivity index (χ4n) is 2.77. The van der Waals surface area contributed by atoms with Crippen molar-refractivity contribution in [2.24, 2.45) is 5.92 Å². The van der Waals surface area contributed by atoms with Gasteiger partial charge in [-0.15, -0.1) is 0 Å². The number of hydrogen-bond acceptors (Lipinski definition) is 8. The first-order valence-corrected chi connectivity index (χ1v) is 10.4. The van der Waals surface area contributed by atoms with Gasteiger partial charge >= 0.3 is 5.97 Å². The number of esters is 1. The standard InChI is InChI=1S/C20H24N4O4S/c1-11(2)9-24-18(25)14-7-6-13(19(26)27-5)8-15(14)21-20(24)29-10-16-22-17(12(3)4)23-28-16/h6-8,11-12H,9-10H2,1-5H3. The summed E-state index contributed by atoms with van der Waals surface area (Å²) in [5.74, 6) is 1.49. The SMILES string of the molecule is COC(=O)c1ccc2c(=O)n(CC(C)C)c(SCc3nc(C(C)C)no3)nc2c1. The van der Waals surface area contributed by atoms with Crippen molar-refractivity contribution < 1.29 is 14.1 Å². The molecule has 0 N–H and O–H groups in total. The fourth-order valence-corrected chi connectivity index (χ4v) is 3.62. The first kappa shape index (κ1) is 21.0. The van der Waals surface area contributed by atoms with Crippen molar-refractivity contribution in [2.75, 3.05) is 7.11 Å². The summed E-state index contributed by atoms with van der Waals surface area (Å²) in [6.07, 6.45) is 0. The average Bonchev–Trinajstić information content (AvgIpc) is 3.17. The molecule has 0 fully saturated rings. The molecule has 0 bridgehead atoms. The van der Waals surface area contributed by atoms with Crippen LogP contribution in [-0.2, 0) is 17.0 Å². The first-order valence-electron chi connectivity index (χ1n) is 9.38. The van der Waals surface area contributed by atoms with Crippen LogP contribution in [0, 0.1) is 5.92 Å². The van der Waals surface area contributed by atoms with E-state index in [0.717, 1.165) is 0 Å². The number of thioether (sulfide) groups is 1. The zero-order valence-electron chi connectivity index (χ0n) is 17.1. The zero-order chi connectivity index (χ0) is 21.1. The van der Waals surface area contributed by atoms with Crippen LogP contribution in [0.2, 0.25) is 0 Å². The Morgan fingerprint density at radius 2 is 2.00 bits per heavy atom. The molecule has 9 heteroatoms. The van der Waals surface area contributed by atoms with Crippen molar-refractivity contribution in [1.29, 1.82) is 0 Å². The van der Waals surface area contributed by atoms with E-state index >= 15 is 0 Å². The largest absolute Gasteiger partial charge is 0.465 e. The lowest BCUT2D eigenvalue weighted by Crippen LogP contribution is -2.25. The number of rotatable bonds is 7. The Bertz CT molecular complexity index is 1090. The van der Waals surface area contributed by atoms with Crippen molar-refractivity contribution in [3.8, 4) is 0 Å². The summed E-state index contributed by atoms with van der Waals surface area (Å²) in [7, 11) is 1.32. The van der Waals surface area contributed by atoms with Gasteiger partial charge in [0, 0.05) is 12.5 Å². The Morgan fingerprint density at radius 1 is 1.24 bits per heavy atom. The number of nitrogens with zero attached hydrogens (tertiary/aromatic N) is 4. The van der Waals surface area contributed by atoms with Gasteiger partial charge in [-0.05, 0) is 24.1 Å². The van der Waals surface area contributed by atoms with Crippen LogP contribution in [0.5, 0.6) is 0 Å². The molecule has 154 valence electrons. The molecule has 0 aliphatic carbocycles. The quantitative estimate of drug-likeness (QED) is 0.327. The zero-order valence-corrected chi connectivity index (χ0v) is 17.9. The lowest BCUT2D eigenvalue weighted by atomic mass is 10.1. The molecule has 0 saturated carbocycles. The van der Waals surface area contributed by atoms with Crippen molar-refractivity contribution >= 4 is 28.6 Å². The second-order valence-electron chi connectivity index (χ2n) is 7.42. The van der Waals surface area contributed by atoms with Gasteiger partial charge < -0.3 is 9.26 Å². The molecule has 1 aromatic carbocycles. The van der Waals surface area contributed by atoms with Gasteiger partial charge in [0.05, 0.1) is 29.3 Å². The molecular weight excluding hydrogens is 392 g/mol. The van der Waals surface area contributed by atoms with Crippen LogP contribution >= 0.6 is 11.8 Å². The molecule has 3 rings (SSSR count). The Hall–Kier alpha value is -2.68. The Morgan fingerprint density at radius 3 is 2.62 bits per heavy atom. The molecule has 3 aromatic rings. The van der Waals surface area contributed by atoms with Gasteiger partial charge in [0.15, 0.2) is 11.0 Å². The molecule has 0 aliphatic rings. The molecule has 0 spiro atoms. The monoisotopic (exact) mass is 416 g/mol. The van der Waals surface area contributed by atoms with Crippen molar-refractivity contribution in [3.63, 3.8) is 0 Å². The van der Waals surface area contributed by atoms with E-state index in [9.17, 15) is 9.59 Å². The van der Waals surface area contributed by atoms with Gasteiger partial charge in [-0.1, -0.05) is 44.6 Å². The Labute approximate surface area is 172 Å². The summed E-state index contributed by atoms with van der Waals surface area (Å²) in [5, 5.41) is 4.97. The maximum Gasteiger partial charge on any atom is 0.337 e. The highest BCUT2D eigenvalue weighted by Crippen LogP contribution is 2.23. The molecule has 0 radical (unpaired) electrons. The average molecular weight is 417 g/mol. The Kier molecular flexibility index (Phi) is 6.36. The van der Waals surface area contributed by atoms with Crippen LogP contribution in [0.15, 0.2) is 32.7 Å². The minimum Gasteiger partial charge on any atom is -0.465 e. The van der Waals surface area contributed by atoms with Gasteiger partial charge in [-0.2, -0.15) is 4.98 Å². The number of aromatic nitrogens is 4. The minimum atomic E-state index is -0.471. The van der Waals surface area contributed by atoms with E-state index in [1.165, 1.54) is 18.9 Å². The predicted molar refractivity (Wildman–Crippen MR) is 110 cm³/mol. The second kappa shape index (κ2) is 8.77. The van der Waals surface area contributed by atoms with Crippen molar-refractivity contribution in [2.45, 2.75) is 51.1 Å². The number of hydrogen-bond donors (Lipinski definition) is 0. The lowest BCUT2D eigenvalue weighted by Gasteiger charge is -2.14. The van der Waals surface area contributed by atoms with E-state index in [-0.39, 0.29) is 17.4 Å². The summed E-state index contributed by atoms with van der Waals surface area (Å²) in [6, 6.07) is 4.78. The van der Waals surface area contributed by atoms with Crippen LogP contribution in [-0.4, -0.2) is 32.8 Å². The third-order valence-electron chi connectivity index (χ3n) is 4.21. The van der Waals surface area contributed by atoms with E-state index in [1.54, 1.807) is 22.8 Å².